The van der Waals surface area contributed by atoms with E-state index in [1.165, 1.54) is 11.3 Å². The summed E-state index contributed by atoms with van der Waals surface area (Å²) in [5.41, 5.74) is 1.15. The van der Waals surface area contributed by atoms with Crippen molar-refractivity contribution in [2.45, 2.75) is 25.3 Å². The first kappa shape index (κ1) is 12.4. The summed E-state index contributed by atoms with van der Waals surface area (Å²) in [6, 6.07) is 14.3. The van der Waals surface area contributed by atoms with Crippen molar-refractivity contribution in [3.8, 4) is 0 Å². The fourth-order valence-corrected chi connectivity index (χ4v) is 3.15. The molecule has 98 valence electrons. The van der Waals surface area contributed by atoms with Crippen LogP contribution in [0.25, 0.3) is 0 Å². The van der Waals surface area contributed by atoms with E-state index in [2.05, 4.69) is 28.9 Å². The van der Waals surface area contributed by atoms with E-state index in [4.69, 9.17) is 0 Å². The lowest BCUT2D eigenvalue weighted by molar-refractivity contribution is -0.127. The minimum atomic E-state index is -0.00528. The highest BCUT2D eigenvalue weighted by atomic mass is 32.1. The van der Waals surface area contributed by atoms with Crippen LogP contribution in [0.5, 0.6) is 0 Å². The monoisotopic (exact) mass is 271 g/mol. The van der Waals surface area contributed by atoms with Gasteiger partial charge in [0.2, 0.25) is 5.91 Å². The Balaban J connectivity index is 1.82. The molecule has 0 bridgehead atoms. The van der Waals surface area contributed by atoms with E-state index >= 15 is 0 Å². The van der Waals surface area contributed by atoms with E-state index in [9.17, 15) is 4.79 Å². The van der Waals surface area contributed by atoms with Gasteiger partial charge in [-0.25, -0.2) is 0 Å². The number of carbonyl (C=O) groups excluding carboxylic acids is 1. The lowest BCUT2D eigenvalue weighted by Gasteiger charge is -2.27. The van der Waals surface area contributed by atoms with Crippen molar-refractivity contribution in [2.75, 3.05) is 0 Å². The topological polar surface area (TPSA) is 29.1 Å². The summed E-state index contributed by atoms with van der Waals surface area (Å²) in [5, 5.41) is 5.27. The molecule has 1 aromatic carbocycles. The van der Waals surface area contributed by atoms with Crippen LogP contribution < -0.4 is 5.32 Å². The highest BCUT2D eigenvalue weighted by Gasteiger charge is 2.28. The number of hydrogen-bond donors (Lipinski definition) is 1. The Bertz CT molecular complexity index is 531. The van der Waals surface area contributed by atoms with Crippen LogP contribution in [-0.4, -0.2) is 5.91 Å². The Morgan fingerprint density at radius 3 is 2.53 bits per heavy atom. The van der Waals surface area contributed by atoms with Crippen LogP contribution in [0.4, 0.5) is 0 Å². The Morgan fingerprint density at radius 2 is 1.95 bits per heavy atom. The van der Waals surface area contributed by atoms with Crippen LogP contribution in [-0.2, 0) is 4.79 Å². The standard InChI is InChI=1S/C16H17NOS/c18-16(13-8-4-9-13)17-15(14-10-5-11-19-14)12-6-2-1-3-7-12/h1-3,5-7,10-11,13,15H,4,8-9H2,(H,17,18)/t15-/m1/s1. The maximum absolute atomic E-state index is 12.2. The van der Waals surface area contributed by atoms with Gasteiger partial charge in [-0.1, -0.05) is 42.8 Å². The first-order chi connectivity index (χ1) is 9.34. The van der Waals surface area contributed by atoms with Gasteiger partial charge in [0.1, 0.15) is 0 Å². The minimum Gasteiger partial charge on any atom is -0.344 e. The van der Waals surface area contributed by atoms with Crippen LogP contribution in [0.15, 0.2) is 47.8 Å². The van der Waals surface area contributed by atoms with E-state index in [1.807, 2.05) is 24.3 Å². The highest BCUT2D eigenvalue weighted by Crippen LogP contribution is 2.30. The van der Waals surface area contributed by atoms with E-state index in [0.29, 0.717) is 0 Å². The van der Waals surface area contributed by atoms with Gasteiger partial charge in [0.15, 0.2) is 0 Å². The van der Waals surface area contributed by atoms with E-state index in [-0.39, 0.29) is 17.9 Å². The summed E-state index contributed by atoms with van der Waals surface area (Å²) in [6.45, 7) is 0. The Hall–Kier alpha value is -1.61. The van der Waals surface area contributed by atoms with Gasteiger partial charge in [-0.05, 0) is 29.9 Å². The second-order valence-electron chi connectivity index (χ2n) is 5.00. The van der Waals surface area contributed by atoms with Crippen molar-refractivity contribution in [1.29, 1.82) is 0 Å². The molecule has 1 atom stereocenters. The zero-order valence-corrected chi connectivity index (χ0v) is 11.5. The molecule has 1 aliphatic rings. The summed E-state index contributed by atoms with van der Waals surface area (Å²) in [5.74, 6) is 0.430. The first-order valence-electron chi connectivity index (χ1n) is 6.73. The third kappa shape index (κ3) is 2.71. The smallest absolute Gasteiger partial charge is 0.223 e. The largest absolute Gasteiger partial charge is 0.344 e. The first-order valence-corrected chi connectivity index (χ1v) is 7.61. The molecule has 1 fully saturated rings. The number of amides is 1. The summed E-state index contributed by atoms with van der Waals surface area (Å²) >= 11 is 1.69. The predicted octanol–water partition coefficient (Wildman–Crippen LogP) is 3.75. The van der Waals surface area contributed by atoms with Crippen molar-refractivity contribution in [2.24, 2.45) is 5.92 Å². The number of benzene rings is 1. The molecule has 3 rings (SSSR count). The summed E-state index contributed by atoms with van der Waals surface area (Å²) in [7, 11) is 0. The van der Waals surface area contributed by atoms with Gasteiger partial charge in [0, 0.05) is 10.8 Å². The van der Waals surface area contributed by atoms with Gasteiger partial charge in [0.25, 0.3) is 0 Å². The lowest BCUT2D eigenvalue weighted by atomic mass is 9.84. The van der Waals surface area contributed by atoms with Gasteiger partial charge in [-0.3, -0.25) is 4.79 Å². The van der Waals surface area contributed by atoms with Crippen molar-refractivity contribution in [3.63, 3.8) is 0 Å². The second kappa shape index (κ2) is 5.57. The summed E-state index contributed by atoms with van der Waals surface area (Å²) in [6.07, 6.45) is 3.27. The zero-order valence-electron chi connectivity index (χ0n) is 10.7. The molecular formula is C16H17NOS. The van der Waals surface area contributed by atoms with Gasteiger partial charge in [-0.15, -0.1) is 11.3 Å². The normalized spacial score (nSPS) is 16.6. The molecule has 0 saturated heterocycles. The maximum Gasteiger partial charge on any atom is 0.223 e. The molecular weight excluding hydrogens is 254 g/mol. The average molecular weight is 271 g/mol. The Kier molecular flexibility index (Phi) is 3.65. The number of thiophene rings is 1. The molecule has 0 aliphatic heterocycles. The van der Waals surface area contributed by atoms with Gasteiger partial charge in [0.05, 0.1) is 6.04 Å². The third-order valence-electron chi connectivity index (χ3n) is 3.72. The predicted molar refractivity (Wildman–Crippen MR) is 78.1 cm³/mol. The van der Waals surface area contributed by atoms with Crippen LogP contribution in [0, 0.1) is 5.92 Å². The van der Waals surface area contributed by atoms with Crippen LogP contribution in [0.2, 0.25) is 0 Å². The van der Waals surface area contributed by atoms with Crippen LogP contribution in [0.1, 0.15) is 35.7 Å². The van der Waals surface area contributed by atoms with E-state index < -0.39 is 0 Å². The molecule has 0 spiro atoms. The number of carbonyl (C=O) groups is 1. The molecule has 2 aromatic rings. The van der Waals surface area contributed by atoms with Crippen molar-refractivity contribution in [3.05, 3.63) is 58.3 Å². The Labute approximate surface area is 117 Å². The van der Waals surface area contributed by atoms with E-state index in [0.717, 1.165) is 18.4 Å². The van der Waals surface area contributed by atoms with Crippen LogP contribution >= 0.6 is 11.3 Å². The molecule has 0 unspecified atom stereocenters. The fraction of sp³-hybridized carbons (Fsp3) is 0.312. The van der Waals surface area contributed by atoms with Crippen molar-refractivity contribution >= 4 is 17.2 Å². The summed E-state index contributed by atoms with van der Waals surface area (Å²) in [4.78, 5) is 13.4. The molecule has 3 heteroatoms. The molecule has 1 amide bonds. The second-order valence-corrected chi connectivity index (χ2v) is 5.97. The zero-order chi connectivity index (χ0) is 13.1. The van der Waals surface area contributed by atoms with Gasteiger partial charge < -0.3 is 5.32 Å². The van der Waals surface area contributed by atoms with E-state index in [1.54, 1.807) is 11.3 Å². The number of nitrogens with one attached hydrogen (secondary N) is 1. The molecule has 0 radical (unpaired) electrons. The third-order valence-corrected chi connectivity index (χ3v) is 4.66. The molecule has 1 N–H and O–H groups in total. The number of rotatable bonds is 4. The van der Waals surface area contributed by atoms with Gasteiger partial charge in [-0.2, -0.15) is 0 Å². The lowest BCUT2D eigenvalue weighted by Crippen LogP contribution is -2.37. The molecule has 19 heavy (non-hydrogen) atoms. The van der Waals surface area contributed by atoms with Crippen LogP contribution in [0.3, 0.4) is 0 Å². The van der Waals surface area contributed by atoms with Gasteiger partial charge >= 0.3 is 0 Å². The minimum absolute atomic E-state index is 0.00528. The molecule has 1 aliphatic carbocycles. The van der Waals surface area contributed by atoms with Crippen molar-refractivity contribution < 1.29 is 4.79 Å². The molecule has 1 heterocycles. The average Bonchev–Trinajstić information content (AvgIpc) is 2.88. The summed E-state index contributed by atoms with van der Waals surface area (Å²) < 4.78 is 0. The SMILES string of the molecule is O=C(N[C@H](c1ccccc1)c1cccs1)C1CCC1. The Morgan fingerprint density at radius 1 is 1.16 bits per heavy atom. The quantitative estimate of drug-likeness (QED) is 0.901. The maximum atomic E-state index is 12.2. The highest BCUT2D eigenvalue weighted by molar-refractivity contribution is 7.10. The van der Waals surface area contributed by atoms with Crippen molar-refractivity contribution in [1.82, 2.24) is 5.32 Å². The molecule has 1 saturated carbocycles. The fourth-order valence-electron chi connectivity index (χ4n) is 2.35. The molecule has 2 nitrogen and oxygen atoms in total. The number of hydrogen-bond acceptors (Lipinski definition) is 2. The molecule has 1 aromatic heterocycles.